The van der Waals surface area contributed by atoms with Crippen LogP contribution in [0.15, 0.2) is 48.5 Å². The molecule has 5 heteroatoms. The Hall–Kier alpha value is -2.69. The highest BCUT2D eigenvalue weighted by molar-refractivity contribution is 5.97. The number of halogens is 1. The van der Waals surface area contributed by atoms with Crippen molar-refractivity contribution in [2.24, 2.45) is 5.73 Å². The molecule has 4 nitrogen and oxygen atoms in total. The lowest BCUT2D eigenvalue weighted by Gasteiger charge is -2.39. The predicted octanol–water partition coefficient (Wildman–Crippen LogP) is 3.48. The van der Waals surface area contributed by atoms with Gasteiger partial charge in [-0.15, -0.1) is 0 Å². The van der Waals surface area contributed by atoms with Crippen molar-refractivity contribution < 1.29 is 14.0 Å². The van der Waals surface area contributed by atoms with E-state index in [2.05, 4.69) is 0 Å². The van der Waals surface area contributed by atoms with Crippen LogP contribution in [0.4, 0.5) is 4.39 Å². The summed E-state index contributed by atoms with van der Waals surface area (Å²) >= 11 is 0. The van der Waals surface area contributed by atoms with Gasteiger partial charge in [0.05, 0.1) is 0 Å². The second kappa shape index (κ2) is 6.56. The zero-order valence-corrected chi connectivity index (χ0v) is 14.4. The molecule has 2 aromatic carbocycles. The number of fused-ring (bicyclic) bond motifs is 2. The molecule has 26 heavy (non-hydrogen) atoms. The zero-order chi connectivity index (χ0) is 18.3. The van der Waals surface area contributed by atoms with Crippen LogP contribution in [-0.4, -0.2) is 28.8 Å². The Kier molecular flexibility index (Phi) is 4.23. The van der Waals surface area contributed by atoms with Crippen molar-refractivity contribution in [1.29, 1.82) is 0 Å². The van der Waals surface area contributed by atoms with E-state index in [9.17, 15) is 14.0 Å². The van der Waals surface area contributed by atoms with Crippen molar-refractivity contribution in [3.63, 3.8) is 0 Å². The van der Waals surface area contributed by atoms with Gasteiger partial charge in [-0.1, -0.05) is 12.1 Å². The third-order valence-electron chi connectivity index (χ3n) is 5.73. The molecule has 2 N–H and O–H groups in total. The molecule has 2 fully saturated rings. The van der Waals surface area contributed by atoms with Crippen molar-refractivity contribution >= 4 is 11.8 Å². The van der Waals surface area contributed by atoms with Gasteiger partial charge in [0.1, 0.15) is 5.82 Å². The summed E-state index contributed by atoms with van der Waals surface area (Å²) < 4.78 is 13.2. The number of primary amides is 1. The highest BCUT2D eigenvalue weighted by Crippen LogP contribution is 2.43. The maximum Gasteiger partial charge on any atom is 0.254 e. The monoisotopic (exact) mass is 352 g/mol. The highest BCUT2D eigenvalue weighted by atomic mass is 19.1. The molecule has 0 aromatic heterocycles. The molecule has 2 aliphatic heterocycles. The van der Waals surface area contributed by atoms with Crippen LogP contribution in [0.1, 0.15) is 57.9 Å². The van der Waals surface area contributed by atoms with E-state index in [1.54, 1.807) is 24.3 Å². The molecular weight excluding hydrogens is 331 g/mol. The topological polar surface area (TPSA) is 63.4 Å². The quantitative estimate of drug-likeness (QED) is 0.919. The third-order valence-corrected chi connectivity index (χ3v) is 5.73. The lowest BCUT2D eigenvalue weighted by Crippen LogP contribution is -2.46. The molecule has 2 aliphatic rings. The molecule has 2 bridgehead atoms. The summed E-state index contributed by atoms with van der Waals surface area (Å²) in [5.41, 5.74) is 7.41. The third kappa shape index (κ3) is 2.98. The SMILES string of the molecule is NC(=O)c1ccc(C(=O)N2[C@@H]3CC[C@H]2CC(c2ccc(F)cc2)C3)cc1. The Balaban J connectivity index is 1.51. The van der Waals surface area contributed by atoms with E-state index in [1.807, 2.05) is 17.0 Å². The van der Waals surface area contributed by atoms with E-state index < -0.39 is 5.91 Å². The normalized spacial score (nSPS) is 24.5. The number of piperidine rings is 1. The van der Waals surface area contributed by atoms with Gasteiger partial charge in [0, 0.05) is 23.2 Å². The first kappa shape index (κ1) is 16.8. The predicted molar refractivity (Wildman–Crippen MR) is 96.3 cm³/mol. The number of nitrogens with zero attached hydrogens (tertiary/aromatic N) is 1. The summed E-state index contributed by atoms with van der Waals surface area (Å²) in [5, 5.41) is 0. The Morgan fingerprint density at radius 2 is 1.42 bits per heavy atom. The first-order valence-electron chi connectivity index (χ1n) is 9.01. The number of hydrogen-bond acceptors (Lipinski definition) is 2. The fraction of sp³-hybridized carbons (Fsp3) is 0.333. The van der Waals surface area contributed by atoms with E-state index in [0.29, 0.717) is 17.0 Å². The smallest absolute Gasteiger partial charge is 0.254 e. The van der Waals surface area contributed by atoms with Crippen LogP contribution in [0, 0.1) is 5.82 Å². The van der Waals surface area contributed by atoms with Crippen molar-refractivity contribution in [1.82, 2.24) is 4.90 Å². The molecule has 1 unspecified atom stereocenters. The summed E-state index contributed by atoms with van der Waals surface area (Å²) in [7, 11) is 0. The Labute approximate surface area is 151 Å². The molecule has 2 aromatic rings. The van der Waals surface area contributed by atoms with Gasteiger partial charge in [-0.3, -0.25) is 9.59 Å². The van der Waals surface area contributed by atoms with Gasteiger partial charge >= 0.3 is 0 Å². The van der Waals surface area contributed by atoms with Crippen molar-refractivity contribution in [3.05, 3.63) is 71.0 Å². The molecule has 0 spiro atoms. The zero-order valence-electron chi connectivity index (χ0n) is 14.4. The van der Waals surface area contributed by atoms with Crippen molar-refractivity contribution in [2.45, 2.75) is 43.7 Å². The van der Waals surface area contributed by atoms with Crippen LogP contribution in [0.5, 0.6) is 0 Å². The van der Waals surface area contributed by atoms with Crippen molar-refractivity contribution in [2.75, 3.05) is 0 Å². The fourth-order valence-electron chi connectivity index (χ4n) is 4.44. The molecule has 4 rings (SSSR count). The van der Waals surface area contributed by atoms with Crippen LogP contribution < -0.4 is 5.73 Å². The summed E-state index contributed by atoms with van der Waals surface area (Å²) in [6.07, 6.45) is 3.83. The Morgan fingerprint density at radius 1 is 0.885 bits per heavy atom. The molecule has 2 amide bonds. The number of rotatable bonds is 3. The largest absolute Gasteiger partial charge is 0.366 e. The highest BCUT2D eigenvalue weighted by Gasteiger charge is 2.43. The molecule has 2 heterocycles. The summed E-state index contributed by atoms with van der Waals surface area (Å²) in [6, 6.07) is 13.7. The van der Waals surface area contributed by atoms with Crippen LogP contribution in [0.3, 0.4) is 0 Å². The van der Waals surface area contributed by atoms with Gasteiger partial charge in [0.2, 0.25) is 5.91 Å². The number of carbonyl (C=O) groups is 2. The van der Waals surface area contributed by atoms with E-state index in [-0.39, 0.29) is 23.8 Å². The van der Waals surface area contributed by atoms with E-state index in [4.69, 9.17) is 5.73 Å². The van der Waals surface area contributed by atoms with Gasteiger partial charge in [-0.25, -0.2) is 4.39 Å². The van der Waals surface area contributed by atoms with Gasteiger partial charge in [-0.2, -0.15) is 0 Å². The van der Waals surface area contributed by atoms with E-state index in [0.717, 1.165) is 31.2 Å². The lowest BCUT2D eigenvalue weighted by atomic mass is 9.85. The van der Waals surface area contributed by atoms with Crippen LogP contribution in [-0.2, 0) is 0 Å². The van der Waals surface area contributed by atoms with E-state index >= 15 is 0 Å². The second-order valence-electron chi connectivity index (χ2n) is 7.26. The minimum absolute atomic E-state index is 0.0195. The first-order chi connectivity index (χ1) is 12.5. The van der Waals surface area contributed by atoms with Crippen LogP contribution in [0.2, 0.25) is 0 Å². The van der Waals surface area contributed by atoms with Crippen LogP contribution >= 0.6 is 0 Å². The molecule has 3 atom stereocenters. The molecule has 0 aliphatic carbocycles. The minimum Gasteiger partial charge on any atom is -0.366 e. The molecule has 0 saturated carbocycles. The molecule has 2 saturated heterocycles. The summed E-state index contributed by atoms with van der Waals surface area (Å²) in [5.74, 6) is -0.326. The Bertz CT molecular complexity index is 818. The number of hydrogen-bond donors (Lipinski definition) is 1. The Morgan fingerprint density at radius 3 is 1.96 bits per heavy atom. The minimum atomic E-state index is -0.496. The second-order valence-corrected chi connectivity index (χ2v) is 7.26. The standard InChI is InChI=1S/C21H21FN2O2/c22-17-7-5-13(6-8-17)16-11-18-9-10-19(12-16)24(18)21(26)15-3-1-14(2-4-15)20(23)25/h1-8,16,18-19H,9-12H2,(H2,23,25)/t16?,18-,19+. The van der Waals surface area contributed by atoms with Gasteiger partial charge in [-0.05, 0) is 73.6 Å². The maximum atomic E-state index is 13.2. The number of benzene rings is 2. The molecule has 134 valence electrons. The number of amides is 2. The average Bonchev–Trinajstić information content (AvgIpc) is 2.91. The van der Waals surface area contributed by atoms with Gasteiger partial charge in [0.15, 0.2) is 0 Å². The van der Waals surface area contributed by atoms with Crippen molar-refractivity contribution in [3.8, 4) is 0 Å². The summed E-state index contributed by atoms with van der Waals surface area (Å²) in [6.45, 7) is 0. The number of nitrogens with two attached hydrogens (primary N) is 1. The van der Waals surface area contributed by atoms with Gasteiger partial charge < -0.3 is 10.6 Å². The number of carbonyl (C=O) groups excluding carboxylic acids is 2. The molecular formula is C21H21FN2O2. The molecule has 0 radical (unpaired) electrons. The van der Waals surface area contributed by atoms with Gasteiger partial charge in [0.25, 0.3) is 5.91 Å². The summed E-state index contributed by atoms with van der Waals surface area (Å²) in [4.78, 5) is 26.2. The first-order valence-corrected chi connectivity index (χ1v) is 9.01. The average molecular weight is 352 g/mol. The fourth-order valence-corrected chi connectivity index (χ4v) is 4.44. The lowest BCUT2D eigenvalue weighted by molar-refractivity contribution is 0.0571. The maximum absolute atomic E-state index is 13.2. The van der Waals surface area contributed by atoms with Crippen LogP contribution in [0.25, 0.3) is 0 Å². The van der Waals surface area contributed by atoms with E-state index in [1.165, 1.54) is 12.1 Å².